The molecule has 0 N–H and O–H groups in total. The predicted octanol–water partition coefficient (Wildman–Crippen LogP) is 5.41. The van der Waals surface area contributed by atoms with E-state index < -0.39 is 33.4 Å². The highest BCUT2D eigenvalue weighted by Gasteiger charge is 2.22. The Kier molecular flexibility index (Phi) is 8.82. The summed E-state index contributed by atoms with van der Waals surface area (Å²) in [5.41, 5.74) is 0.362. The van der Waals surface area contributed by atoms with Gasteiger partial charge in [-0.1, -0.05) is 0 Å². The van der Waals surface area contributed by atoms with Crippen LogP contribution in [-0.4, -0.2) is 74.5 Å². The van der Waals surface area contributed by atoms with Crippen molar-refractivity contribution < 1.29 is 23.0 Å². The van der Waals surface area contributed by atoms with Crippen LogP contribution in [0.2, 0.25) is 0 Å². The molecule has 198 valence electrons. The predicted molar refractivity (Wildman–Crippen MR) is 147 cm³/mol. The van der Waals surface area contributed by atoms with Crippen molar-refractivity contribution in [3.05, 3.63) is 39.2 Å². The number of nitrogens with zero attached hydrogens (tertiary/aromatic N) is 5. The van der Waals surface area contributed by atoms with Gasteiger partial charge in [-0.15, -0.1) is 0 Å². The molecule has 0 saturated carbocycles. The lowest BCUT2D eigenvalue weighted by Crippen LogP contribution is -2.33. The third-order valence-electron chi connectivity index (χ3n) is 4.96. The Morgan fingerprint density at radius 1 is 1.19 bits per heavy atom. The van der Waals surface area contributed by atoms with Crippen LogP contribution >= 0.6 is 32.6 Å². The molecule has 3 aromatic rings. The molecule has 1 amide bonds. The van der Waals surface area contributed by atoms with Crippen LogP contribution in [0.3, 0.4) is 0 Å². The highest BCUT2D eigenvalue weighted by Crippen LogP contribution is 2.33. The first-order valence-electron chi connectivity index (χ1n) is 11.2. The minimum absolute atomic E-state index is 0.0235. The molecule has 0 radical (unpaired) electrons. The Morgan fingerprint density at radius 3 is 2.42 bits per heavy atom. The van der Waals surface area contributed by atoms with E-state index in [0.717, 1.165) is 5.75 Å². The number of halogens is 3. The summed E-state index contributed by atoms with van der Waals surface area (Å²) >= 11 is 2.03. The molecule has 0 fully saturated rings. The van der Waals surface area contributed by atoms with E-state index in [1.165, 1.54) is 30.3 Å². The lowest BCUT2D eigenvalue weighted by molar-refractivity contribution is 0.0284. The molecule has 0 spiro atoms. The highest BCUT2D eigenvalue weighted by atomic mass is 127. The number of rotatable bonds is 8. The molecule has 0 unspecified atom stereocenters. The molecule has 36 heavy (non-hydrogen) atoms. The fourth-order valence-corrected chi connectivity index (χ4v) is 4.49. The zero-order chi connectivity index (χ0) is 26.8. The second kappa shape index (κ2) is 11.1. The molecule has 0 saturated heterocycles. The van der Waals surface area contributed by atoms with Crippen LogP contribution in [0.25, 0.3) is 22.4 Å². The van der Waals surface area contributed by atoms with Gasteiger partial charge in [-0.05, 0) is 79.8 Å². The normalized spacial score (nSPS) is 12.7. The van der Waals surface area contributed by atoms with Gasteiger partial charge in [-0.3, -0.25) is 0 Å². The van der Waals surface area contributed by atoms with Crippen molar-refractivity contribution in [2.45, 2.75) is 39.6 Å². The van der Waals surface area contributed by atoms with E-state index in [0.29, 0.717) is 21.3 Å². The van der Waals surface area contributed by atoms with E-state index in [2.05, 4.69) is 33.8 Å². The van der Waals surface area contributed by atoms with Crippen molar-refractivity contribution in [1.82, 2.24) is 24.6 Å². The van der Waals surface area contributed by atoms with Crippen LogP contribution in [0.15, 0.2) is 18.3 Å². The molecule has 12 heteroatoms. The number of benzene rings is 1. The molecule has 2 aromatic heterocycles. The number of ether oxygens (including phenoxy) is 2. The van der Waals surface area contributed by atoms with Gasteiger partial charge in [0.1, 0.15) is 38.7 Å². The zero-order valence-corrected chi connectivity index (χ0v) is 24.5. The van der Waals surface area contributed by atoms with Crippen LogP contribution in [0.1, 0.15) is 26.3 Å². The van der Waals surface area contributed by atoms with Crippen molar-refractivity contribution in [2.24, 2.45) is 0 Å². The second-order valence-electron chi connectivity index (χ2n) is 10.3. The maximum atomic E-state index is 15.0. The van der Waals surface area contributed by atoms with Crippen LogP contribution in [-0.2, 0) is 22.7 Å². The van der Waals surface area contributed by atoms with Gasteiger partial charge in [0, 0.05) is 19.3 Å². The van der Waals surface area contributed by atoms with Crippen LogP contribution in [0, 0.1) is 15.3 Å². The monoisotopic (exact) mass is 635 g/mol. The summed E-state index contributed by atoms with van der Waals surface area (Å²) in [6.45, 7) is 6.06. The van der Waals surface area contributed by atoms with Crippen LogP contribution in [0.4, 0.5) is 13.6 Å². The number of fused-ring (bicyclic) bond motifs is 1. The van der Waals surface area contributed by atoms with Gasteiger partial charge in [-0.25, -0.2) is 38.3 Å². The first kappa shape index (κ1) is 28.5. The topological polar surface area (TPSA) is 82.4 Å². The molecule has 8 nitrogen and oxygen atoms in total. The third-order valence-corrected chi connectivity index (χ3v) is 7.07. The Balaban J connectivity index is 1.80. The standard InChI is InChI=1S/C24H32F2IN5O3S/c1-24(2,3)35-23(33)31(4)13-15-10-16(25)19(17(26)11-15)22-28-12-18-20(29-22)21(27)30-32(18)14-34-8-9-36(5,6)7/h10-12H,8-9,13-14H2,1-7H3. The molecular formula is C24H32F2IN5O3S. The lowest BCUT2D eigenvalue weighted by Gasteiger charge is -2.24. The highest BCUT2D eigenvalue weighted by molar-refractivity contribution is 14.1. The summed E-state index contributed by atoms with van der Waals surface area (Å²) < 4.78 is 43.3. The summed E-state index contributed by atoms with van der Waals surface area (Å²) in [6.07, 6.45) is 7.58. The van der Waals surface area contributed by atoms with Crippen LogP contribution in [0.5, 0.6) is 0 Å². The quantitative estimate of drug-likeness (QED) is 0.243. The molecule has 0 bridgehead atoms. The van der Waals surface area contributed by atoms with Gasteiger partial charge in [-0.2, -0.15) is 5.10 Å². The zero-order valence-electron chi connectivity index (χ0n) is 21.6. The van der Waals surface area contributed by atoms with E-state index in [9.17, 15) is 4.79 Å². The average molecular weight is 636 g/mol. The Bertz CT molecular complexity index is 1230. The minimum atomic E-state index is -0.822. The van der Waals surface area contributed by atoms with Crippen molar-refractivity contribution in [1.29, 1.82) is 0 Å². The van der Waals surface area contributed by atoms with Crippen molar-refractivity contribution in [3.63, 3.8) is 0 Å². The van der Waals surface area contributed by atoms with Crippen molar-refractivity contribution in [3.8, 4) is 11.4 Å². The number of carbonyl (C=O) groups is 1. The summed E-state index contributed by atoms with van der Waals surface area (Å²) in [4.78, 5) is 22.0. The first-order chi connectivity index (χ1) is 16.6. The molecule has 0 aliphatic rings. The van der Waals surface area contributed by atoms with E-state index in [4.69, 9.17) is 9.47 Å². The Labute approximate surface area is 225 Å². The van der Waals surface area contributed by atoms with Crippen molar-refractivity contribution >= 4 is 49.7 Å². The molecule has 0 aliphatic heterocycles. The van der Waals surface area contributed by atoms with Gasteiger partial charge in [0.05, 0.1) is 18.4 Å². The number of amides is 1. The van der Waals surface area contributed by atoms with Crippen molar-refractivity contribution in [2.75, 3.05) is 38.2 Å². The Morgan fingerprint density at radius 2 is 1.83 bits per heavy atom. The largest absolute Gasteiger partial charge is 0.444 e. The molecule has 0 aliphatic carbocycles. The van der Waals surface area contributed by atoms with Crippen LogP contribution < -0.4 is 0 Å². The average Bonchev–Trinajstić information content (AvgIpc) is 3.04. The summed E-state index contributed by atoms with van der Waals surface area (Å²) in [5.74, 6) is -0.750. The summed E-state index contributed by atoms with van der Waals surface area (Å²) in [6, 6.07) is 2.35. The maximum Gasteiger partial charge on any atom is 0.410 e. The third kappa shape index (κ3) is 7.48. The van der Waals surface area contributed by atoms with Gasteiger partial charge >= 0.3 is 6.09 Å². The Hall–Kier alpha value is -2.06. The lowest BCUT2D eigenvalue weighted by atomic mass is 10.1. The molecular weight excluding hydrogens is 603 g/mol. The van der Waals surface area contributed by atoms with Gasteiger partial charge < -0.3 is 14.4 Å². The number of carbonyl (C=O) groups excluding carboxylic acids is 1. The van der Waals surface area contributed by atoms with E-state index in [1.807, 2.05) is 22.6 Å². The summed E-state index contributed by atoms with van der Waals surface area (Å²) in [5, 5.41) is 4.44. The fraction of sp³-hybridized carbons (Fsp3) is 0.500. The van der Waals surface area contributed by atoms with E-state index in [1.54, 1.807) is 25.5 Å². The fourth-order valence-electron chi connectivity index (χ4n) is 3.21. The minimum Gasteiger partial charge on any atom is -0.444 e. The SMILES string of the molecule is CN(Cc1cc(F)c(-c2ncc3c(n2)c(I)nn3COCCS(C)(C)C)c(F)c1)C(=O)OC(C)(C)C. The number of hydrogen-bond acceptors (Lipinski definition) is 6. The van der Waals surface area contributed by atoms with Gasteiger partial charge in [0.15, 0.2) is 5.82 Å². The second-order valence-corrected chi connectivity index (χ2v) is 15.9. The molecule has 0 atom stereocenters. The molecule has 3 rings (SSSR count). The number of hydrogen-bond donors (Lipinski definition) is 0. The maximum absolute atomic E-state index is 15.0. The number of aromatic nitrogens is 4. The first-order valence-corrected chi connectivity index (χ1v) is 15.3. The van der Waals surface area contributed by atoms with Gasteiger partial charge in [0.2, 0.25) is 0 Å². The van der Waals surface area contributed by atoms with Gasteiger partial charge in [0.25, 0.3) is 0 Å². The summed E-state index contributed by atoms with van der Waals surface area (Å²) in [7, 11) is 0.843. The van der Waals surface area contributed by atoms with E-state index in [-0.39, 0.29) is 30.2 Å². The van der Waals surface area contributed by atoms with E-state index >= 15 is 8.78 Å². The molecule has 1 aromatic carbocycles. The molecule has 2 heterocycles. The smallest absolute Gasteiger partial charge is 0.410 e.